The van der Waals surface area contributed by atoms with E-state index in [1.165, 1.54) is 0 Å². The summed E-state index contributed by atoms with van der Waals surface area (Å²) in [5.74, 6) is -4.65. The second-order valence-electron chi connectivity index (χ2n) is 3.51. The Kier molecular flexibility index (Phi) is 4.16. The fraction of sp³-hybridized carbons (Fsp3) is 0.333. The summed E-state index contributed by atoms with van der Waals surface area (Å²) in [7, 11) is -6.00. The first-order valence-electron chi connectivity index (χ1n) is 4.53. The number of halogens is 6. The van der Waals surface area contributed by atoms with Crippen LogP contribution in [0.4, 0.5) is 22.0 Å². The van der Waals surface area contributed by atoms with Gasteiger partial charge in [-0.3, -0.25) is 0 Å². The quantitative estimate of drug-likeness (QED) is 0.463. The van der Waals surface area contributed by atoms with E-state index in [0.29, 0.717) is 13.0 Å². The molecule has 0 radical (unpaired) electrons. The summed E-state index contributed by atoms with van der Waals surface area (Å²) in [4.78, 5) is 0. The van der Waals surface area contributed by atoms with Crippen LogP contribution in [0, 0.1) is 0 Å². The van der Waals surface area contributed by atoms with Crippen molar-refractivity contribution in [2.24, 2.45) is 0 Å². The van der Waals surface area contributed by atoms with Gasteiger partial charge >= 0.3 is 15.6 Å². The van der Waals surface area contributed by atoms with Crippen LogP contribution in [0.1, 0.15) is 12.5 Å². The zero-order valence-electron chi connectivity index (χ0n) is 9.13. The summed E-state index contributed by atoms with van der Waals surface area (Å²) < 4.78 is 88.2. The Hall–Kier alpha value is -0.900. The topological polar surface area (TPSA) is 43.4 Å². The highest BCUT2D eigenvalue weighted by Gasteiger charge is 2.49. The second kappa shape index (κ2) is 4.89. The number of benzene rings is 1. The molecule has 0 saturated heterocycles. The zero-order valence-corrected chi connectivity index (χ0v) is 11.5. The first-order chi connectivity index (χ1) is 8.34. The molecule has 0 spiro atoms. The van der Waals surface area contributed by atoms with E-state index in [1.807, 2.05) is 0 Å². The molecule has 0 aromatic heterocycles. The van der Waals surface area contributed by atoms with E-state index in [4.69, 9.17) is 0 Å². The molecule has 0 unspecified atom stereocenters. The molecule has 0 heterocycles. The highest BCUT2D eigenvalue weighted by molar-refractivity contribution is 9.10. The molecule has 1 aromatic carbocycles. The summed E-state index contributed by atoms with van der Waals surface area (Å²) in [6.45, 7) is 0.405. The van der Waals surface area contributed by atoms with Gasteiger partial charge in [-0.25, -0.2) is 8.78 Å². The lowest BCUT2D eigenvalue weighted by Gasteiger charge is -2.17. The van der Waals surface area contributed by atoms with Crippen molar-refractivity contribution in [2.75, 3.05) is 0 Å². The van der Waals surface area contributed by atoms with E-state index < -0.39 is 32.9 Å². The minimum atomic E-state index is -6.00. The van der Waals surface area contributed by atoms with Crippen molar-refractivity contribution in [3.05, 3.63) is 28.2 Å². The molecule has 1 aromatic rings. The molecule has 0 amide bonds. The molecule has 0 aliphatic rings. The molecule has 0 atom stereocenters. The van der Waals surface area contributed by atoms with E-state index in [1.54, 1.807) is 0 Å². The average molecular weight is 369 g/mol. The highest BCUT2D eigenvalue weighted by atomic mass is 79.9. The van der Waals surface area contributed by atoms with Crippen molar-refractivity contribution in [3.8, 4) is 5.75 Å². The molecule has 108 valence electrons. The Morgan fingerprint density at radius 3 is 2.11 bits per heavy atom. The zero-order chi connectivity index (χ0) is 15.1. The molecule has 1 rings (SSSR count). The van der Waals surface area contributed by atoms with Crippen LogP contribution < -0.4 is 4.18 Å². The largest absolute Gasteiger partial charge is 0.534 e. The number of hydrogen-bond donors (Lipinski definition) is 0. The third-order valence-electron chi connectivity index (χ3n) is 1.90. The molecule has 0 bridgehead atoms. The Labute approximate surface area is 113 Å². The smallest absolute Gasteiger partial charge is 0.376 e. The molecule has 0 N–H and O–H groups in total. The first-order valence-corrected chi connectivity index (χ1v) is 6.73. The lowest BCUT2D eigenvalue weighted by Crippen LogP contribution is -2.29. The SMILES string of the molecule is CC(F)(F)c1cc(Br)ccc1OS(=O)(=O)C(F)(F)F. The van der Waals surface area contributed by atoms with Crippen LogP contribution >= 0.6 is 15.9 Å². The van der Waals surface area contributed by atoms with E-state index in [0.717, 1.165) is 12.1 Å². The van der Waals surface area contributed by atoms with Gasteiger partial charge in [0, 0.05) is 11.4 Å². The van der Waals surface area contributed by atoms with Gasteiger partial charge in [0.05, 0.1) is 5.56 Å². The summed E-state index contributed by atoms with van der Waals surface area (Å²) in [6.07, 6.45) is 0. The molecule has 3 nitrogen and oxygen atoms in total. The molecule has 0 aliphatic heterocycles. The van der Waals surface area contributed by atoms with Gasteiger partial charge in [0.25, 0.3) is 5.92 Å². The molecular weight excluding hydrogens is 363 g/mol. The summed E-state index contributed by atoms with van der Waals surface area (Å²) in [5.41, 5.74) is -6.67. The molecule has 19 heavy (non-hydrogen) atoms. The molecule has 10 heteroatoms. The van der Waals surface area contributed by atoms with Crippen molar-refractivity contribution in [1.82, 2.24) is 0 Å². The summed E-state index contributed by atoms with van der Waals surface area (Å²) in [5, 5.41) is 0. The van der Waals surface area contributed by atoms with Gasteiger partial charge in [0.1, 0.15) is 0 Å². The van der Waals surface area contributed by atoms with E-state index >= 15 is 0 Å². The average Bonchev–Trinajstić information content (AvgIpc) is 2.17. The van der Waals surface area contributed by atoms with Crippen molar-refractivity contribution >= 4 is 26.0 Å². The molecule has 0 aliphatic carbocycles. The van der Waals surface area contributed by atoms with Crippen LogP contribution in [0.3, 0.4) is 0 Å². The van der Waals surface area contributed by atoms with Gasteiger partial charge < -0.3 is 4.18 Å². The number of alkyl halides is 5. The van der Waals surface area contributed by atoms with Gasteiger partial charge in [0.15, 0.2) is 5.75 Å². The van der Waals surface area contributed by atoms with E-state index in [-0.39, 0.29) is 4.47 Å². The maximum atomic E-state index is 13.2. The fourth-order valence-electron chi connectivity index (χ4n) is 1.08. The van der Waals surface area contributed by atoms with Crippen molar-refractivity contribution < 1.29 is 34.6 Å². The Morgan fingerprint density at radius 1 is 1.16 bits per heavy atom. The Bertz CT molecular complexity index is 576. The van der Waals surface area contributed by atoms with Crippen LogP contribution in [0.25, 0.3) is 0 Å². The van der Waals surface area contributed by atoms with Gasteiger partial charge in [-0.1, -0.05) is 15.9 Å². The molecule has 0 fully saturated rings. The maximum absolute atomic E-state index is 13.2. The Morgan fingerprint density at radius 2 is 1.68 bits per heavy atom. The summed E-state index contributed by atoms with van der Waals surface area (Å²) in [6, 6.07) is 2.57. The van der Waals surface area contributed by atoms with Crippen molar-refractivity contribution in [2.45, 2.75) is 18.4 Å². The van der Waals surface area contributed by atoms with E-state index in [2.05, 4.69) is 20.1 Å². The maximum Gasteiger partial charge on any atom is 0.534 e. The van der Waals surface area contributed by atoms with E-state index in [9.17, 15) is 30.4 Å². The van der Waals surface area contributed by atoms with Gasteiger partial charge in [-0.2, -0.15) is 21.6 Å². The Balaban J connectivity index is 3.31. The second-order valence-corrected chi connectivity index (χ2v) is 5.97. The monoisotopic (exact) mass is 368 g/mol. The van der Waals surface area contributed by atoms with Gasteiger partial charge in [0.2, 0.25) is 0 Å². The minimum Gasteiger partial charge on any atom is -0.376 e. The van der Waals surface area contributed by atoms with Crippen LogP contribution in [-0.2, 0) is 16.0 Å². The number of rotatable bonds is 3. The van der Waals surface area contributed by atoms with Crippen LogP contribution in [0.5, 0.6) is 5.75 Å². The predicted octanol–water partition coefficient (Wildman–Crippen LogP) is 3.79. The summed E-state index contributed by atoms with van der Waals surface area (Å²) >= 11 is 2.85. The van der Waals surface area contributed by atoms with Crippen LogP contribution in [0.15, 0.2) is 22.7 Å². The number of hydrogen-bond acceptors (Lipinski definition) is 3. The van der Waals surface area contributed by atoms with Crippen molar-refractivity contribution in [1.29, 1.82) is 0 Å². The lowest BCUT2D eigenvalue weighted by molar-refractivity contribution is -0.0504. The standard InChI is InChI=1S/C9H6BrF5O3S/c1-8(11,12)6-4-5(10)2-3-7(6)18-19(16,17)9(13,14)15/h2-4H,1H3. The van der Waals surface area contributed by atoms with Gasteiger partial charge in [-0.15, -0.1) is 0 Å². The highest BCUT2D eigenvalue weighted by Crippen LogP contribution is 2.38. The fourth-order valence-corrected chi connectivity index (χ4v) is 1.92. The first kappa shape index (κ1) is 16.2. The molecular formula is C9H6BrF5O3S. The predicted molar refractivity (Wildman–Crippen MR) is 59.3 cm³/mol. The third kappa shape index (κ3) is 3.78. The van der Waals surface area contributed by atoms with Crippen molar-refractivity contribution in [3.63, 3.8) is 0 Å². The lowest BCUT2D eigenvalue weighted by atomic mass is 10.1. The van der Waals surface area contributed by atoms with Crippen LogP contribution in [0.2, 0.25) is 0 Å². The van der Waals surface area contributed by atoms with Crippen LogP contribution in [-0.4, -0.2) is 13.9 Å². The third-order valence-corrected chi connectivity index (χ3v) is 3.36. The minimum absolute atomic E-state index is 0.140. The normalized spacial score (nSPS) is 13.4. The van der Waals surface area contributed by atoms with Gasteiger partial charge in [-0.05, 0) is 18.2 Å². The molecule has 0 saturated carbocycles.